The summed E-state index contributed by atoms with van der Waals surface area (Å²) in [5.41, 5.74) is 4.40. The fourth-order valence-electron chi connectivity index (χ4n) is 3.93. The molecule has 0 unspecified atom stereocenters. The number of fused-ring (bicyclic) bond motifs is 3. The number of carbonyl (C=O) groups excluding carboxylic acids is 1. The SMILES string of the molecule is CCC1=C(CC)N(C(=O)OC(C)(C)C)[C@@H]2c3ccccc3C=C[C@H]12. The molecule has 1 aliphatic heterocycles. The second-order valence-corrected chi connectivity index (χ2v) is 7.49. The van der Waals surface area contributed by atoms with Crippen LogP contribution in [0, 0.1) is 5.92 Å². The smallest absolute Gasteiger partial charge is 0.415 e. The molecule has 24 heavy (non-hydrogen) atoms. The molecule has 1 amide bonds. The van der Waals surface area contributed by atoms with Gasteiger partial charge in [0.15, 0.2) is 0 Å². The molecule has 128 valence electrons. The number of nitrogens with zero attached hydrogens (tertiary/aromatic N) is 1. The number of rotatable bonds is 2. The maximum absolute atomic E-state index is 13.0. The number of hydrogen-bond acceptors (Lipinski definition) is 2. The molecule has 1 aromatic rings. The van der Waals surface area contributed by atoms with Crippen molar-refractivity contribution in [1.29, 1.82) is 0 Å². The van der Waals surface area contributed by atoms with Crippen molar-refractivity contribution >= 4 is 12.2 Å². The normalized spacial score (nSPS) is 22.5. The number of carbonyl (C=O) groups is 1. The second-order valence-electron chi connectivity index (χ2n) is 7.49. The maximum atomic E-state index is 13.0. The van der Waals surface area contributed by atoms with Gasteiger partial charge in [0.25, 0.3) is 0 Å². The summed E-state index contributed by atoms with van der Waals surface area (Å²) in [6.07, 6.45) is 6.01. The Hall–Kier alpha value is -2.03. The van der Waals surface area contributed by atoms with Gasteiger partial charge in [-0.1, -0.05) is 50.3 Å². The largest absolute Gasteiger partial charge is 0.443 e. The third-order valence-electron chi connectivity index (χ3n) is 4.79. The Bertz CT molecular complexity index is 709. The van der Waals surface area contributed by atoms with Crippen LogP contribution in [0.3, 0.4) is 0 Å². The summed E-state index contributed by atoms with van der Waals surface area (Å²) in [7, 11) is 0. The van der Waals surface area contributed by atoms with E-state index in [0.717, 1.165) is 18.5 Å². The first-order chi connectivity index (χ1) is 11.4. The van der Waals surface area contributed by atoms with E-state index in [1.165, 1.54) is 16.7 Å². The molecule has 3 rings (SSSR count). The fourth-order valence-corrected chi connectivity index (χ4v) is 3.93. The standard InChI is InChI=1S/C21H27NO2/c1-6-15-17-13-12-14-10-8-9-11-16(14)19(17)22(18(15)7-2)20(23)24-21(3,4)5/h8-13,17,19H,6-7H2,1-5H3/t17-,19-/m1/s1. The maximum Gasteiger partial charge on any atom is 0.415 e. The minimum absolute atomic E-state index is 0.0194. The first-order valence-corrected chi connectivity index (χ1v) is 8.88. The molecule has 0 radical (unpaired) electrons. The van der Waals surface area contributed by atoms with Crippen LogP contribution in [-0.4, -0.2) is 16.6 Å². The van der Waals surface area contributed by atoms with E-state index in [1.54, 1.807) is 0 Å². The summed E-state index contributed by atoms with van der Waals surface area (Å²) in [6.45, 7) is 10.1. The van der Waals surface area contributed by atoms with Crippen LogP contribution in [0.1, 0.15) is 64.6 Å². The number of allylic oxidation sites excluding steroid dienone is 1. The number of amides is 1. The quantitative estimate of drug-likeness (QED) is 0.698. The van der Waals surface area contributed by atoms with Crippen LogP contribution in [0.4, 0.5) is 4.79 Å². The van der Waals surface area contributed by atoms with Gasteiger partial charge in [0, 0.05) is 11.6 Å². The molecule has 2 aliphatic rings. The van der Waals surface area contributed by atoms with Gasteiger partial charge in [0.1, 0.15) is 5.60 Å². The van der Waals surface area contributed by atoms with Crippen LogP contribution >= 0.6 is 0 Å². The highest BCUT2D eigenvalue weighted by Crippen LogP contribution is 2.50. The summed E-state index contributed by atoms with van der Waals surface area (Å²) in [6, 6.07) is 8.37. The molecule has 0 bridgehead atoms. The van der Waals surface area contributed by atoms with Gasteiger partial charge in [0.05, 0.1) is 6.04 Å². The van der Waals surface area contributed by atoms with E-state index in [9.17, 15) is 4.79 Å². The van der Waals surface area contributed by atoms with Gasteiger partial charge in [0.2, 0.25) is 0 Å². The van der Waals surface area contributed by atoms with Gasteiger partial charge < -0.3 is 4.74 Å². The van der Waals surface area contributed by atoms with Crippen molar-refractivity contribution in [2.45, 2.75) is 59.1 Å². The van der Waals surface area contributed by atoms with Gasteiger partial charge >= 0.3 is 6.09 Å². The lowest BCUT2D eigenvalue weighted by molar-refractivity contribution is 0.0241. The average Bonchev–Trinajstić information content (AvgIpc) is 2.87. The first-order valence-electron chi connectivity index (χ1n) is 8.88. The Labute approximate surface area is 145 Å². The van der Waals surface area contributed by atoms with E-state index < -0.39 is 5.60 Å². The summed E-state index contributed by atoms with van der Waals surface area (Å²) in [5.74, 6) is 0.257. The van der Waals surface area contributed by atoms with E-state index in [1.807, 2.05) is 31.7 Å². The lowest BCUT2D eigenvalue weighted by Gasteiger charge is -2.34. The molecule has 3 nitrogen and oxygen atoms in total. The van der Waals surface area contributed by atoms with Crippen LogP contribution in [-0.2, 0) is 4.74 Å². The third kappa shape index (κ3) is 2.77. The minimum atomic E-state index is -0.496. The average molecular weight is 325 g/mol. The zero-order chi connectivity index (χ0) is 17.5. The predicted octanol–water partition coefficient (Wildman–Crippen LogP) is 5.70. The lowest BCUT2D eigenvalue weighted by Crippen LogP contribution is -2.38. The highest BCUT2D eigenvalue weighted by molar-refractivity contribution is 5.75. The minimum Gasteiger partial charge on any atom is -0.443 e. The van der Waals surface area contributed by atoms with Gasteiger partial charge in [-0.25, -0.2) is 4.79 Å². The van der Waals surface area contributed by atoms with E-state index in [-0.39, 0.29) is 18.1 Å². The van der Waals surface area contributed by atoms with Crippen LogP contribution in [0.2, 0.25) is 0 Å². The molecule has 0 fully saturated rings. The van der Waals surface area contributed by atoms with E-state index in [2.05, 4.69) is 44.2 Å². The summed E-state index contributed by atoms with van der Waals surface area (Å²) >= 11 is 0. The Morgan fingerprint density at radius 2 is 1.88 bits per heavy atom. The van der Waals surface area contributed by atoms with Crippen molar-refractivity contribution in [2.75, 3.05) is 0 Å². The molecule has 0 saturated heterocycles. The van der Waals surface area contributed by atoms with Crippen LogP contribution in [0.5, 0.6) is 0 Å². The van der Waals surface area contributed by atoms with Crippen molar-refractivity contribution in [3.05, 3.63) is 52.7 Å². The van der Waals surface area contributed by atoms with E-state index in [4.69, 9.17) is 4.74 Å². The molecule has 2 atom stereocenters. The molecule has 0 N–H and O–H groups in total. The zero-order valence-electron chi connectivity index (χ0n) is 15.3. The van der Waals surface area contributed by atoms with Gasteiger partial charge in [-0.05, 0) is 50.3 Å². The van der Waals surface area contributed by atoms with Crippen molar-refractivity contribution in [1.82, 2.24) is 4.90 Å². The molecule has 1 aromatic carbocycles. The van der Waals surface area contributed by atoms with Gasteiger partial charge in [-0.2, -0.15) is 0 Å². The van der Waals surface area contributed by atoms with Crippen LogP contribution in [0.25, 0.3) is 6.08 Å². The molecular formula is C21H27NO2. The third-order valence-corrected chi connectivity index (χ3v) is 4.79. The molecule has 1 aliphatic carbocycles. The Balaban J connectivity index is 2.09. The number of ether oxygens (including phenoxy) is 1. The number of benzene rings is 1. The molecular weight excluding hydrogens is 298 g/mol. The molecule has 0 spiro atoms. The Morgan fingerprint density at radius 3 is 2.50 bits per heavy atom. The van der Waals surface area contributed by atoms with Gasteiger partial charge in [-0.3, -0.25) is 4.90 Å². The monoisotopic (exact) mass is 325 g/mol. The topological polar surface area (TPSA) is 29.5 Å². The molecule has 1 heterocycles. The van der Waals surface area contributed by atoms with Crippen LogP contribution in [0.15, 0.2) is 41.6 Å². The van der Waals surface area contributed by atoms with Crippen molar-refractivity contribution < 1.29 is 9.53 Å². The summed E-state index contributed by atoms with van der Waals surface area (Å²) in [5, 5.41) is 0. The van der Waals surface area contributed by atoms with Gasteiger partial charge in [-0.15, -0.1) is 0 Å². The highest BCUT2D eigenvalue weighted by Gasteiger charge is 2.45. The predicted molar refractivity (Wildman–Crippen MR) is 97.4 cm³/mol. The summed E-state index contributed by atoms with van der Waals surface area (Å²) < 4.78 is 5.74. The van der Waals surface area contributed by atoms with Crippen molar-refractivity contribution in [3.8, 4) is 0 Å². The fraction of sp³-hybridized carbons (Fsp3) is 0.476. The van der Waals surface area contributed by atoms with E-state index >= 15 is 0 Å². The highest BCUT2D eigenvalue weighted by atomic mass is 16.6. The molecule has 0 saturated carbocycles. The van der Waals surface area contributed by atoms with E-state index in [0.29, 0.717) is 0 Å². The lowest BCUT2D eigenvalue weighted by atomic mass is 9.82. The number of hydrogen-bond donors (Lipinski definition) is 0. The first kappa shape index (κ1) is 16.8. The second kappa shape index (κ2) is 6.12. The molecule has 3 heteroatoms. The molecule has 0 aromatic heterocycles. The Morgan fingerprint density at radius 1 is 1.17 bits per heavy atom. The summed E-state index contributed by atoms with van der Waals surface area (Å²) in [4.78, 5) is 14.9. The Kier molecular flexibility index (Phi) is 4.29. The van der Waals surface area contributed by atoms with Crippen molar-refractivity contribution in [3.63, 3.8) is 0 Å². The van der Waals surface area contributed by atoms with Crippen molar-refractivity contribution in [2.24, 2.45) is 5.92 Å². The van der Waals surface area contributed by atoms with Crippen LogP contribution < -0.4 is 0 Å². The zero-order valence-corrected chi connectivity index (χ0v) is 15.3.